The van der Waals surface area contributed by atoms with Crippen LogP contribution in [0.5, 0.6) is 0 Å². The molecule has 80 valence electrons. The maximum Gasteiger partial charge on any atom is 0.261 e. The Bertz CT molecular complexity index is 529. The number of hydrogen-bond donors (Lipinski definition) is 1. The normalized spacial score (nSPS) is 11.1. The van der Waals surface area contributed by atoms with Crippen LogP contribution in [-0.4, -0.2) is 14.3 Å². The fourth-order valence-electron chi connectivity index (χ4n) is 1.54. The van der Waals surface area contributed by atoms with Crippen LogP contribution in [0.2, 0.25) is 0 Å². The van der Waals surface area contributed by atoms with Gasteiger partial charge in [-0.3, -0.25) is 4.79 Å². The summed E-state index contributed by atoms with van der Waals surface area (Å²) in [6.45, 7) is 4.05. The second-order valence-corrected chi connectivity index (χ2v) is 4.18. The molecule has 0 amide bonds. The van der Waals surface area contributed by atoms with Crippen molar-refractivity contribution in [1.29, 1.82) is 0 Å². The molecule has 4 nitrogen and oxygen atoms in total. The highest BCUT2D eigenvalue weighted by molar-refractivity contribution is 7.12. The quantitative estimate of drug-likeness (QED) is 0.864. The van der Waals surface area contributed by atoms with E-state index in [2.05, 4.69) is 21.3 Å². The van der Waals surface area contributed by atoms with Gasteiger partial charge in [-0.15, -0.1) is 0 Å². The number of fused-ring (bicyclic) bond motifs is 1. The molecule has 2 aromatic heterocycles. The molecule has 15 heavy (non-hydrogen) atoms. The largest absolute Gasteiger partial charge is 0.310 e. The van der Waals surface area contributed by atoms with E-state index in [-0.39, 0.29) is 5.56 Å². The summed E-state index contributed by atoms with van der Waals surface area (Å²) in [5.74, 6) is 0.735. The molecular formula is C10H13N3OS. The van der Waals surface area contributed by atoms with Gasteiger partial charge in [0.25, 0.3) is 5.56 Å². The standard InChI is InChI=1S/C10H13N3OS/c1-3-5-6-8-9(14)11-7(4-2)12-10(8)15-13-6/h3-5H2,1-2H3,(H,11,12,14). The molecule has 0 aliphatic carbocycles. The van der Waals surface area contributed by atoms with Crippen molar-refractivity contribution in [1.82, 2.24) is 14.3 Å². The van der Waals surface area contributed by atoms with Gasteiger partial charge in [0.05, 0.1) is 11.1 Å². The van der Waals surface area contributed by atoms with E-state index >= 15 is 0 Å². The number of nitrogens with zero attached hydrogens (tertiary/aromatic N) is 2. The van der Waals surface area contributed by atoms with E-state index in [1.807, 2.05) is 6.92 Å². The van der Waals surface area contributed by atoms with Gasteiger partial charge in [0.1, 0.15) is 5.82 Å². The monoisotopic (exact) mass is 223 g/mol. The Morgan fingerprint density at radius 3 is 2.87 bits per heavy atom. The van der Waals surface area contributed by atoms with Crippen LogP contribution in [0.25, 0.3) is 10.2 Å². The summed E-state index contributed by atoms with van der Waals surface area (Å²) >= 11 is 1.32. The van der Waals surface area contributed by atoms with Crippen LogP contribution in [0.15, 0.2) is 4.79 Å². The van der Waals surface area contributed by atoms with Crippen molar-refractivity contribution in [2.75, 3.05) is 0 Å². The summed E-state index contributed by atoms with van der Waals surface area (Å²) in [7, 11) is 0. The predicted octanol–water partition coefficient (Wildman–Crippen LogP) is 1.89. The first kappa shape index (κ1) is 10.3. The molecule has 0 bridgehead atoms. The second-order valence-electron chi connectivity index (χ2n) is 3.43. The minimum atomic E-state index is -0.0472. The molecule has 0 fully saturated rings. The maximum absolute atomic E-state index is 11.8. The summed E-state index contributed by atoms with van der Waals surface area (Å²) in [5.41, 5.74) is 0.836. The Hall–Kier alpha value is -1.23. The Morgan fingerprint density at radius 2 is 2.20 bits per heavy atom. The van der Waals surface area contributed by atoms with Gasteiger partial charge < -0.3 is 4.98 Å². The molecule has 2 aromatic rings. The zero-order valence-electron chi connectivity index (χ0n) is 8.83. The lowest BCUT2D eigenvalue weighted by molar-refractivity contribution is 0.901. The third-order valence-electron chi connectivity index (χ3n) is 2.29. The van der Waals surface area contributed by atoms with E-state index in [4.69, 9.17) is 0 Å². The minimum Gasteiger partial charge on any atom is -0.310 e. The summed E-state index contributed by atoms with van der Waals surface area (Å²) in [6, 6.07) is 0. The Kier molecular flexibility index (Phi) is 2.81. The Morgan fingerprint density at radius 1 is 1.40 bits per heavy atom. The van der Waals surface area contributed by atoms with Crippen molar-refractivity contribution in [3.8, 4) is 0 Å². The molecule has 0 unspecified atom stereocenters. The number of aromatic nitrogens is 3. The summed E-state index contributed by atoms with van der Waals surface area (Å²) in [4.78, 5) is 19.7. The number of nitrogens with one attached hydrogen (secondary N) is 1. The molecule has 1 N–H and O–H groups in total. The molecular weight excluding hydrogens is 210 g/mol. The lowest BCUT2D eigenvalue weighted by Crippen LogP contribution is -2.11. The smallest absolute Gasteiger partial charge is 0.261 e. The SMILES string of the molecule is CCCc1nsc2nc(CC)[nH]c(=O)c12. The highest BCUT2D eigenvalue weighted by atomic mass is 32.1. The number of aromatic amines is 1. The topological polar surface area (TPSA) is 58.6 Å². The summed E-state index contributed by atoms with van der Waals surface area (Å²) in [5, 5.41) is 0.680. The lowest BCUT2D eigenvalue weighted by atomic mass is 10.2. The van der Waals surface area contributed by atoms with E-state index < -0.39 is 0 Å². The molecule has 0 saturated heterocycles. The van der Waals surface area contributed by atoms with E-state index in [1.165, 1.54) is 11.5 Å². The van der Waals surface area contributed by atoms with E-state index in [0.29, 0.717) is 5.39 Å². The zero-order chi connectivity index (χ0) is 10.8. The van der Waals surface area contributed by atoms with Crippen molar-refractivity contribution in [2.24, 2.45) is 0 Å². The molecule has 5 heteroatoms. The minimum absolute atomic E-state index is 0.0472. The van der Waals surface area contributed by atoms with Gasteiger partial charge in [-0.25, -0.2) is 4.98 Å². The molecule has 0 aromatic carbocycles. The Balaban J connectivity index is 2.66. The van der Waals surface area contributed by atoms with Gasteiger partial charge in [0.2, 0.25) is 0 Å². The highest BCUT2D eigenvalue weighted by Gasteiger charge is 2.11. The average molecular weight is 223 g/mol. The molecule has 0 spiro atoms. The molecule has 2 heterocycles. The van der Waals surface area contributed by atoms with Crippen molar-refractivity contribution < 1.29 is 0 Å². The first-order valence-electron chi connectivity index (χ1n) is 5.13. The average Bonchev–Trinajstić information content (AvgIpc) is 2.62. The van der Waals surface area contributed by atoms with E-state index in [1.54, 1.807) is 0 Å². The Labute approximate surface area is 91.5 Å². The first-order chi connectivity index (χ1) is 7.26. The molecule has 0 saturated carbocycles. The lowest BCUT2D eigenvalue weighted by Gasteiger charge is -1.96. The number of H-pyrrole nitrogens is 1. The van der Waals surface area contributed by atoms with Crippen molar-refractivity contribution >= 4 is 21.7 Å². The molecule has 0 atom stereocenters. The fraction of sp³-hybridized carbons (Fsp3) is 0.500. The van der Waals surface area contributed by atoms with Crippen LogP contribution >= 0.6 is 11.5 Å². The number of aryl methyl sites for hydroxylation is 2. The van der Waals surface area contributed by atoms with Crippen LogP contribution in [-0.2, 0) is 12.8 Å². The molecule has 0 aliphatic heterocycles. The van der Waals surface area contributed by atoms with Gasteiger partial charge in [0, 0.05) is 6.42 Å². The molecule has 0 aliphatic rings. The van der Waals surface area contributed by atoms with E-state index in [0.717, 1.165) is 35.6 Å². The van der Waals surface area contributed by atoms with Gasteiger partial charge >= 0.3 is 0 Å². The van der Waals surface area contributed by atoms with Crippen LogP contribution in [0, 0.1) is 0 Å². The van der Waals surface area contributed by atoms with Crippen LogP contribution in [0.3, 0.4) is 0 Å². The van der Waals surface area contributed by atoms with E-state index in [9.17, 15) is 4.79 Å². The van der Waals surface area contributed by atoms with Crippen molar-refractivity contribution in [3.05, 3.63) is 21.9 Å². The van der Waals surface area contributed by atoms with Gasteiger partial charge in [-0.1, -0.05) is 20.3 Å². The maximum atomic E-state index is 11.8. The summed E-state index contributed by atoms with van der Waals surface area (Å²) in [6.07, 6.45) is 2.58. The number of hydrogen-bond acceptors (Lipinski definition) is 4. The molecule has 0 radical (unpaired) electrons. The van der Waals surface area contributed by atoms with Crippen LogP contribution in [0.4, 0.5) is 0 Å². The van der Waals surface area contributed by atoms with Gasteiger partial charge in [0.15, 0.2) is 4.83 Å². The number of rotatable bonds is 3. The van der Waals surface area contributed by atoms with Gasteiger partial charge in [-0.05, 0) is 18.0 Å². The summed E-state index contributed by atoms with van der Waals surface area (Å²) < 4.78 is 4.28. The first-order valence-corrected chi connectivity index (χ1v) is 5.91. The highest BCUT2D eigenvalue weighted by Crippen LogP contribution is 2.18. The van der Waals surface area contributed by atoms with Crippen molar-refractivity contribution in [3.63, 3.8) is 0 Å². The molecule has 2 rings (SSSR count). The van der Waals surface area contributed by atoms with Crippen molar-refractivity contribution in [2.45, 2.75) is 33.1 Å². The second kappa shape index (κ2) is 4.10. The van der Waals surface area contributed by atoms with Crippen LogP contribution < -0.4 is 5.56 Å². The predicted molar refractivity (Wildman–Crippen MR) is 61.4 cm³/mol. The fourth-order valence-corrected chi connectivity index (χ4v) is 2.37. The zero-order valence-corrected chi connectivity index (χ0v) is 9.65. The van der Waals surface area contributed by atoms with Crippen LogP contribution in [0.1, 0.15) is 31.8 Å². The third kappa shape index (κ3) is 1.79. The van der Waals surface area contributed by atoms with Gasteiger partial charge in [-0.2, -0.15) is 4.37 Å². The third-order valence-corrected chi connectivity index (χ3v) is 3.07.